The second-order valence-electron chi connectivity index (χ2n) is 8.29. The van der Waals surface area contributed by atoms with Gasteiger partial charge in [0.05, 0.1) is 5.92 Å². The lowest BCUT2D eigenvalue weighted by molar-refractivity contribution is -0.128. The van der Waals surface area contributed by atoms with Crippen molar-refractivity contribution < 1.29 is 9.59 Å². The summed E-state index contributed by atoms with van der Waals surface area (Å²) in [5, 5.41) is 5.35. The van der Waals surface area contributed by atoms with Gasteiger partial charge in [-0.25, -0.2) is 0 Å². The molecular formula is C26H26N4O2. The molecular weight excluding hydrogens is 400 g/mol. The first-order chi connectivity index (χ1) is 15.6. The zero-order chi connectivity index (χ0) is 22.1. The number of hydrogen-bond acceptors (Lipinski definition) is 3. The van der Waals surface area contributed by atoms with Crippen molar-refractivity contribution in [2.24, 2.45) is 5.92 Å². The van der Waals surface area contributed by atoms with E-state index < -0.39 is 0 Å². The number of benzene rings is 2. The first-order valence-electron chi connectivity index (χ1n) is 11.1. The molecule has 2 amide bonds. The summed E-state index contributed by atoms with van der Waals surface area (Å²) in [5.74, 6) is -0.404. The number of anilines is 1. The van der Waals surface area contributed by atoms with E-state index in [2.05, 4.69) is 40.0 Å². The number of aryl methyl sites for hydroxylation is 1. The molecule has 162 valence electrons. The quantitative estimate of drug-likeness (QED) is 0.502. The van der Waals surface area contributed by atoms with Gasteiger partial charge in [-0.3, -0.25) is 14.6 Å². The van der Waals surface area contributed by atoms with Crippen molar-refractivity contribution >= 4 is 39.3 Å². The monoisotopic (exact) mass is 426 g/mol. The fraction of sp³-hybridized carbons (Fsp3) is 0.269. The second-order valence-corrected chi connectivity index (χ2v) is 8.29. The molecule has 1 fully saturated rings. The predicted molar refractivity (Wildman–Crippen MR) is 126 cm³/mol. The first kappa shape index (κ1) is 20.2. The van der Waals surface area contributed by atoms with Gasteiger partial charge < -0.3 is 14.8 Å². The van der Waals surface area contributed by atoms with Crippen LogP contribution < -0.4 is 5.32 Å². The number of aromatic nitrogens is 2. The van der Waals surface area contributed by atoms with Gasteiger partial charge in [0.2, 0.25) is 11.8 Å². The van der Waals surface area contributed by atoms with E-state index in [0.717, 1.165) is 28.8 Å². The Labute approximate surface area is 186 Å². The van der Waals surface area contributed by atoms with E-state index in [0.29, 0.717) is 19.5 Å². The molecule has 0 spiro atoms. The number of pyridine rings is 1. The number of hydrogen-bond donors (Lipinski definition) is 1. The highest BCUT2D eigenvalue weighted by molar-refractivity contribution is 6.10. The highest BCUT2D eigenvalue weighted by atomic mass is 16.2. The SMILES string of the molecule is CCn1c2ccccc2c2cc(NC(=O)C3CC(=O)N(CCc4ccccn4)C3)ccc21. The maximum atomic E-state index is 12.9. The summed E-state index contributed by atoms with van der Waals surface area (Å²) >= 11 is 0. The minimum Gasteiger partial charge on any atom is -0.341 e. The summed E-state index contributed by atoms with van der Waals surface area (Å²) in [6, 6.07) is 20.2. The average Bonchev–Trinajstić information content (AvgIpc) is 3.35. The fourth-order valence-corrected chi connectivity index (χ4v) is 4.68. The molecule has 0 saturated carbocycles. The summed E-state index contributed by atoms with van der Waals surface area (Å²) in [4.78, 5) is 31.5. The van der Waals surface area contributed by atoms with Crippen LogP contribution >= 0.6 is 0 Å². The third kappa shape index (κ3) is 3.73. The van der Waals surface area contributed by atoms with Crippen LogP contribution in [0.15, 0.2) is 66.9 Å². The number of rotatable bonds is 6. The Balaban J connectivity index is 1.29. The van der Waals surface area contributed by atoms with Gasteiger partial charge in [0.15, 0.2) is 0 Å². The van der Waals surface area contributed by atoms with Gasteiger partial charge in [-0.1, -0.05) is 24.3 Å². The summed E-state index contributed by atoms with van der Waals surface area (Å²) in [6.45, 7) is 4.06. The topological polar surface area (TPSA) is 67.2 Å². The fourth-order valence-electron chi connectivity index (χ4n) is 4.68. The van der Waals surface area contributed by atoms with Crippen molar-refractivity contribution in [3.05, 3.63) is 72.6 Å². The second kappa shape index (κ2) is 8.46. The summed E-state index contributed by atoms with van der Waals surface area (Å²) in [6.07, 6.45) is 2.71. The summed E-state index contributed by atoms with van der Waals surface area (Å²) in [7, 11) is 0. The highest BCUT2D eigenvalue weighted by Crippen LogP contribution is 2.31. The van der Waals surface area contributed by atoms with E-state index in [4.69, 9.17) is 0 Å². The van der Waals surface area contributed by atoms with Crippen molar-refractivity contribution in [3.8, 4) is 0 Å². The normalized spacial score (nSPS) is 16.2. The number of carbonyl (C=O) groups excluding carboxylic acids is 2. The van der Waals surface area contributed by atoms with E-state index in [1.54, 1.807) is 11.1 Å². The molecule has 6 nitrogen and oxygen atoms in total. The maximum absolute atomic E-state index is 12.9. The Bertz CT molecular complexity index is 1300. The van der Waals surface area contributed by atoms with E-state index in [1.807, 2.05) is 42.5 Å². The molecule has 3 heterocycles. The van der Waals surface area contributed by atoms with Gasteiger partial charge in [0.25, 0.3) is 0 Å². The van der Waals surface area contributed by atoms with E-state index in [9.17, 15) is 9.59 Å². The van der Waals surface area contributed by atoms with Crippen LogP contribution in [0.25, 0.3) is 21.8 Å². The Kier molecular flexibility index (Phi) is 5.35. The zero-order valence-electron chi connectivity index (χ0n) is 18.1. The van der Waals surface area contributed by atoms with E-state index in [1.165, 1.54) is 10.9 Å². The molecule has 1 aliphatic heterocycles. The average molecular weight is 427 g/mol. The van der Waals surface area contributed by atoms with Crippen LogP contribution in [0, 0.1) is 5.92 Å². The van der Waals surface area contributed by atoms with Gasteiger partial charge >= 0.3 is 0 Å². The van der Waals surface area contributed by atoms with Crippen LogP contribution in [0.1, 0.15) is 19.0 Å². The number of amides is 2. The molecule has 32 heavy (non-hydrogen) atoms. The maximum Gasteiger partial charge on any atom is 0.229 e. The molecule has 2 aromatic heterocycles. The van der Waals surface area contributed by atoms with Crippen molar-refractivity contribution in [2.45, 2.75) is 26.3 Å². The number of likely N-dealkylation sites (tertiary alicyclic amines) is 1. The first-order valence-corrected chi connectivity index (χ1v) is 11.1. The van der Waals surface area contributed by atoms with Gasteiger partial charge in [-0.2, -0.15) is 0 Å². The zero-order valence-corrected chi connectivity index (χ0v) is 18.1. The number of fused-ring (bicyclic) bond motifs is 3. The molecule has 1 unspecified atom stereocenters. The van der Waals surface area contributed by atoms with Crippen LogP contribution in [-0.2, 0) is 22.6 Å². The molecule has 0 aliphatic carbocycles. The lowest BCUT2D eigenvalue weighted by atomic mass is 10.1. The molecule has 1 N–H and O–H groups in total. The lowest BCUT2D eigenvalue weighted by Gasteiger charge is -2.16. The summed E-state index contributed by atoms with van der Waals surface area (Å²) in [5.41, 5.74) is 4.07. The minimum atomic E-state index is -0.334. The van der Waals surface area contributed by atoms with Gasteiger partial charge in [-0.05, 0) is 43.3 Å². The molecule has 0 bridgehead atoms. The molecule has 5 rings (SSSR count). The smallest absolute Gasteiger partial charge is 0.229 e. The molecule has 0 radical (unpaired) electrons. The van der Waals surface area contributed by atoms with Crippen molar-refractivity contribution in [1.82, 2.24) is 14.5 Å². The van der Waals surface area contributed by atoms with E-state index >= 15 is 0 Å². The Hall–Kier alpha value is -3.67. The number of nitrogens with zero attached hydrogens (tertiary/aromatic N) is 3. The predicted octanol–water partition coefficient (Wildman–Crippen LogP) is 4.24. The highest BCUT2D eigenvalue weighted by Gasteiger charge is 2.34. The van der Waals surface area contributed by atoms with Gasteiger partial charge in [0, 0.05) is 71.9 Å². The largest absolute Gasteiger partial charge is 0.341 e. The Morgan fingerprint density at radius 3 is 2.69 bits per heavy atom. The van der Waals surface area contributed by atoms with Gasteiger partial charge in [-0.15, -0.1) is 0 Å². The standard InChI is InChI=1S/C26H26N4O2/c1-2-30-23-9-4-3-8-21(23)22-16-20(10-11-24(22)30)28-26(32)18-15-25(31)29(17-18)14-12-19-7-5-6-13-27-19/h3-11,13,16,18H,2,12,14-15,17H2,1H3,(H,28,32). The van der Waals surface area contributed by atoms with Crippen molar-refractivity contribution in [1.29, 1.82) is 0 Å². The number of carbonyl (C=O) groups is 2. The van der Waals surface area contributed by atoms with Crippen LogP contribution in [0.2, 0.25) is 0 Å². The Morgan fingerprint density at radius 1 is 1.06 bits per heavy atom. The van der Waals surface area contributed by atoms with Gasteiger partial charge in [0.1, 0.15) is 0 Å². The molecule has 2 aromatic carbocycles. The van der Waals surface area contributed by atoms with Crippen LogP contribution in [0.3, 0.4) is 0 Å². The number of nitrogens with one attached hydrogen (secondary N) is 1. The minimum absolute atomic E-state index is 0.0301. The molecule has 1 saturated heterocycles. The molecule has 4 aromatic rings. The molecule has 6 heteroatoms. The third-order valence-corrected chi connectivity index (χ3v) is 6.31. The third-order valence-electron chi connectivity index (χ3n) is 6.31. The molecule has 1 aliphatic rings. The lowest BCUT2D eigenvalue weighted by Crippen LogP contribution is -2.30. The van der Waals surface area contributed by atoms with Crippen LogP contribution in [0.5, 0.6) is 0 Å². The number of para-hydroxylation sites is 1. The summed E-state index contributed by atoms with van der Waals surface area (Å²) < 4.78 is 2.28. The van der Waals surface area contributed by atoms with Crippen molar-refractivity contribution in [2.75, 3.05) is 18.4 Å². The molecule has 1 atom stereocenters. The van der Waals surface area contributed by atoms with Crippen LogP contribution in [-0.4, -0.2) is 39.4 Å². The Morgan fingerprint density at radius 2 is 1.88 bits per heavy atom. The van der Waals surface area contributed by atoms with E-state index in [-0.39, 0.29) is 24.2 Å². The van der Waals surface area contributed by atoms with Crippen LogP contribution in [0.4, 0.5) is 5.69 Å². The van der Waals surface area contributed by atoms with Crippen molar-refractivity contribution in [3.63, 3.8) is 0 Å².